The van der Waals surface area contributed by atoms with Gasteiger partial charge in [0.25, 0.3) is 0 Å². The highest BCUT2D eigenvalue weighted by Gasteiger charge is 2.29. The van der Waals surface area contributed by atoms with Crippen LogP contribution < -0.4 is 5.32 Å². The summed E-state index contributed by atoms with van der Waals surface area (Å²) < 4.78 is 0. The Balaban J connectivity index is 1.79. The van der Waals surface area contributed by atoms with Crippen molar-refractivity contribution in [2.24, 2.45) is 5.92 Å². The van der Waals surface area contributed by atoms with Crippen molar-refractivity contribution >= 4 is 6.03 Å². The highest BCUT2D eigenvalue weighted by Crippen LogP contribution is 2.15. The van der Waals surface area contributed by atoms with Crippen LogP contribution in [-0.2, 0) is 6.42 Å². The maximum atomic E-state index is 12.4. The standard InChI is InChI=1S/C19H31N3O2/c1-16(2)14-21-11-12-22(15-18(21)9-13-23)19(24)20-10-8-17-6-4-3-5-7-17/h3-7,16,18,23H,8-15H2,1-2H3,(H,20,24). The van der Waals surface area contributed by atoms with E-state index in [1.54, 1.807) is 0 Å². The molecule has 0 aromatic heterocycles. The Morgan fingerprint density at radius 1 is 1.29 bits per heavy atom. The summed E-state index contributed by atoms with van der Waals surface area (Å²) in [5.74, 6) is 0.595. The molecule has 24 heavy (non-hydrogen) atoms. The van der Waals surface area contributed by atoms with Crippen LogP contribution in [0.15, 0.2) is 30.3 Å². The molecule has 0 aliphatic carbocycles. The number of hydrogen-bond donors (Lipinski definition) is 2. The van der Waals surface area contributed by atoms with E-state index in [1.807, 2.05) is 23.1 Å². The van der Waals surface area contributed by atoms with Gasteiger partial charge in [0, 0.05) is 45.4 Å². The van der Waals surface area contributed by atoms with E-state index < -0.39 is 0 Å². The van der Waals surface area contributed by atoms with Crippen LogP contribution in [-0.4, -0.2) is 66.3 Å². The molecular formula is C19H31N3O2. The third-order valence-electron chi connectivity index (χ3n) is 4.49. The third-order valence-corrected chi connectivity index (χ3v) is 4.49. The van der Waals surface area contributed by atoms with Crippen LogP contribution in [0.1, 0.15) is 25.8 Å². The lowest BCUT2D eigenvalue weighted by Gasteiger charge is -2.42. The molecule has 1 aromatic rings. The maximum Gasteiger partial charge on any atom is 0.317 e. The number of aliphatic hydroxyl groups is 1. The zero-order chi connectivity index (χ0) is 17.4. The van der Waals surface area contributed by atoms with Crippen LogP contribution >= 0.6 is 0 Å². The molecule has 1 unspecified atom stereocenters. The summed E-state index contributed by atoms with van der Waals surface area (Å²) in [6, 6.07) is 10.5. The first kappa shape index (κ1) is 18.7. The van der Waals surface area contributed by atoms with Gasteiger partial charge in [-0.3, -0.25) is 4.90 Å². The van der Waals surface area contributed by atoms with E-state index in [9.17, 15) is 9.90 Å². The molecule has 1 heterocycles. The zero-order valence-electron chi connectivity index (χ0n) is 14.9. The van der Waals surface area contributed by atoms with Crippen molar-refractivity contribution < 1.29 is 9.90 Å². The Labute approximate surface area is 145 Å². The molecule has 0 bridgehead atoms. The minimum atomic E-state index is 0.0121. The first-order chi connectivity index (χ1) is 11.6. The fraction of sp³-hybridized carbons (Fsp3) is 0.632. The average molecular weight is 333 g/mol. The molecule has 1 aliphatic heterocycles. The Kier molecular flexibility index (Phi) is 7.53. The van der Waals surface area contributed by atoms with Crippen molar-refractivity contribution in [1.82, 2.24) is 15.1 Å². The number of rotatable bonds is 7. The van der Waals surface area contributed by atoms with Crippen LogP contribution in [0.2, 0.25) is 0 Å². The molecule has 0 radical (unpaired) electrons. The Hall–Kier alpha value is -1.59. The SMILES string of the molecule is CC(C)CN1CCN(C(=O)NCCc2ccccc2)CC1CCO. The lowest BCUT2D eigenvalue weighted by atomic mass is 10.1. The van der Waals surface area contributed by atoms with E-state index in [0.29, 0.717) is 19.0 Å². The van der Waals surface area contributed by atoms with Crippen LogP contribution in [0.25, 0.3) is 0 Å². The Morgan fingerprint density at radius 3 is 2.71 bits per heavy atom. The molecule has 2 rings (SSSR count). The second kappa shape index (κ2) is 9.64. The summed E-state index contributed by atoms with van der Waals surface area (Å²) in [4.78, 5) is 16.7. The molecule has 2 amide bonds. The van der Waals surface area contributed by atoms with Gasteiger partial charge in [0.05, 0.1) is 0 Å². The number of amides is 2. The van der Waals surface area contributed by atoms with E-state index in [4.69, 9.17) is 0 Å². The lowest BCUT2D eigenvalue weighted by molar-refractivity contribution is 0.0656. The minimum absolute atomic E-state index is 0.0121. The van der Waals surface area contributed by atoms with Crippen molar-refractivity contribution in [1.29, 1.82) is 0 Å². The normalized spacial score (nSPS) is 18.8. The molecule has 1 aromatic carbocycles. The first-order valence-electron chi connectivity index (χ1n) is 9.01. The van der Waals surface area contributed by atoms with Crippen LogP contribution in [0.4, 0.5) is 4.79 Å². The van der Waals surface area contributed by atoms with E-state index >= 15 is 0 Å². The van der Waals surface area contributed by atoms with Crippen LogP contribution in [0.5, 0.6) is 0 Å². The number of urea groups is 1. The number of hydrogen-bond acceptors (Lipinski definition) is 3. The van der Waals surface area contributed by atoms with E-state index in [1.165, 1.54) is 5.56 Å². The predicted molar refractivity (Wildman–Crippen MR) is 97.0 cm³/mol. The van der Waals surface area contributed by atoms with Crippen molar-refractivity contribution in [3.05, 3.63) is 35.9 Å². The number of nitrogens with one attached hydrogen (secondary N) is 1. The number of carbonyl (C=O) groups excluding carboxylic acids is 1. The number of piperazine rings is 1. The quantitative estimate of drug-likeness (QED) is 0.802. The number of aliphatic hydroxyl groups excluding tert-OH is 1. The molecule has 1 atom stereocenters. The topological polar surface area (TPSA) is 55.8 Å². The fourth-order valence-corrected chi connectivity index (χ4v) is 3.28. The Bertz CT molecular complexity index is 493. The van der Waals surface area contributed by atoms with Gasteiger partial charge in [-0.2, -0.15) is 0 Å². The summed E-state index contributed by atoms with van der Waals surface area (Å²) >= 11 is 0. The smallest absolute Gasteiger partial charge is 0.317 e. The fourth-order valence-electron chi connectivity index (χ4n) is 3.28. The summed E-state index contributed by atoms with van der Waals surface area (Å²) in [7, 11) is 0. The number of benzene rings is 1. The maximum absolute atomic E-state index is 12.4. The van der Waals surface area contributed by atoms with Crippen molar-refractivity contribution in [3.63, 3.8) is 0 Å². The van der Waals surface area contributed by atoms with Gasteiger partial charge < -0.3 is 15.3 Å². The Morgan fingerprint density at radius 2 is 2.04 bits per heavy atom. The van der Waals surface area contributed by atoms with Crippen LogP contribution in [0.3, 0.4) is 0 Å². The molecule has 5 nitrogen and oxygen atoms in total. The van der Waals surface area contributed by atoms with E-state index in [2.05, 4.69) is 36.2 Å². The molecule has 1 saturated heterocycles. The van der Waals surface area contributed by atoms with Crippen LogP contribution in [0, 0.1) is 5.92 Å². The second-order valence-corrected chi connectivity index (χ2v) is 6.97. The summed E-state index contributed by atoms with van der Waals surface area (Å²) in [5, 5.41) is 12.3. The van der Waals surface area contributed by atoms with Crippen molar-refractivity contribution in [2.75, 3.05) is 39.3 Å². The summed E-state index contributed by atoms with van der Waals surface area (Å²) in [6.07, 6.45) is 1.57. The number of carbonyl (C=O) groups is 1. The summed E-state index contributed by atoms with van der Waals surface area (Å²) in [5.41, 5.74) is 1.23. The largest absolute Gasteiger partial charge is 0.396 e. The van der Waals surface area contributed by atoms with Gasteiger partial charge in [0.15, 0.2) is 0 Å². The third kappa shape index (κ3) is 5.80. The minimum Gasteiger partial charge on any atom is -0.396 e. The van der Waals surface area contributed by atoms with E-state index in [0.717, 1.165) is 32.5 Å². The molecular weight excluding hydrogens is 302 g/mol. The number of nitrogens with zero attached hydrogens (tertiary/aromatic N) is 2. The van der Waals surface area contributed by atoms with Gasteiger partial charge in [-0.05, 0) is 24.3 Å². The van der Waals surface area contributed by atoms with Crippen molar-refractivity contribution in [2.45, 2.75) is 32.7 Å². The van der Waals surface area contributed by atoms with Gasteiger partial charge in [-0.1, -0.05) is 44.2 Å². The molecule has 5 heteroatoms. The molecule has 1 fully saturated rings. The highest BCUT2D eigenvalue weighted by atomic mass is 16.3. The summed E-state index contributed by atoms with van der Waals surface area (Å²) in [6.45, 7) is 8.60. The van der Waals surface area contributed by atoms with Gasteiger partial charge in [-0.25, -0.2) is 4.79 Å². The molecule has 134 valence electrons. The predicted octanol–water partition coefficient (Wildman–Crippen LogP) is 1.96. The first-order valence-corrected chi connectivity index (χ1v) is 9.01. The van der Waals surface area contributed by atoms with E-state index in [-0.39, 0.29) is 18.7 Å². The lowest BCUT2D eigenvalue weighted by Crippen LogP contribution is -2.57. The average Bonchev–Trinajstić information content (AvgIpc) is 2.57. The molecule has 1 aliphatic rings. The van der Waals surface area contributed by atoms with Gasteiger partial charge in [0.1, 0.15) is 0 Å². The molecule has 2 N–H and O–H groups in total. The zero-order valence-corrected chi connectivity index (χ0v) is 14.9. The van der Waals surface area contributed by atoms with Crippen molar-refractivity contribution in [3.8, 4) is 0 Å². The van der Waals surface area contributed by atoms with Gasteiger partial charge in [0.2, 0.25) is 0 Å². The molecule has 0 spiro atoms. The second-order valence-electron chi connectivity index (χ2n) is 6.97. The van der Waals surface area contributed by atoms with Gasteiger partial charge >= 0.3 is 6.03 Å². The monoisotopic (exact) mass is 333 g/mol. The highest BCUT2D eigenvalue weighted by molar-refractivity contribution is 5.74. The molecule has 0 saturated carbocycles. The van der Waals surface area contributed by atoms with Gasteiger partial charge in [-0.15, -0.1) is 0 Å².